The van der Waals surface area contributed by atoms with E-state index in [2.05, 4.69) is 5.32 Å². The first-order chi connectivity index (χ1) is 13.7. The van der Waals surface area contributed by atoms with Crippen LogP contribution in [-0.2, 0) is 16.7 Å². The van der Waals surface area contributed by atoms with Crippen molar-refractivity contribution in [1.82, 2.24) is 4.90 Å². The lowest BCUT2D eigenvalue weighted by atomic mass is 10.1. The van der Waals surface area contributed by atoms with Crippen LogP contribution in [0.3, 0.4) is 0 Å². The Labute approximate surface area is 174 Å². The molecular weight excluding hydrogens is 388 g/mol. The second kappa shape index (κ2) is 9.78. The molecule has 1 N–H and O–H groups in total. The Morgan fingerprint density at radius 3 is 2.34 bits per heavy atom. The molecule has 0 spiro atoms. The van der Waals surface area contributed by atoms with Crippen LogP contribution in [0.4, 0.5) is 10.5 Å². The first kappa shape index (κ1) is 22.7. The quantitative estimate of drug-likeness (QED) is 0.621. The van der Waals surface area contributed by atoms with Crippen molar-refractivity contribution in [3.8, 4) is 5.75 Å². The summed E-state index contributed by atoms with van der Waals surface area (Å²) in [6, 6.07) is 12.5. The fourth-order valence-corrected chi connectivity index (χ4v) is 3.30. The lowest BCUT2D eigenvalue weighted by molar-refractivity contribution is 0.187. The van der Waals surface area contributed by atoms with E-state index in [9.17, 15) is 13.2 Å². The van der Waals surface area contributed by atoms with Gasteiger partial charge in [0.15, 0.2) is 0 Å². The molecule has 0 aliphatic carbocycles. The minimum atomic E-state index is -3.56. The zero-order valence-corrected chi connectivity index (χ0v) is 18.5. The van der Waals surface area contributed by atoms with Crippen LogP contribution in [0.2, 0.25) is 0 Å². The van der Waals surface area contributed by atoms with Gasteiger partial charge in [-0.2, -0.15) is 8.42 Å². The Kier molecular flexibility index (Phi) is 7.67. The molecule has 0 aliphatic heterocycles. The number of rotatable bonds is 8. The molecule has 0 saturated heterocycles. The smallest absolute Gasteiger partial charge is 0.322 e. The van der Waals surface area contributed by atoms with Crippen LogP contribution < -0.4 is 9.50 Å². The Morgan fingerprint density at radius 2 is 1.76 bits per heavy atom. The Hall–Kier alpha value is -2.54. The van der Waals surface area contributed by atoms with Gasteiger partial charge in [0, 0.05) is 18.3 Å². The SMILES string of the molecule is CC[C@@H](C)N(Cc1ccc(OS(=O)(=O)CC)cc1)C(=O)Nc1cccc(C)c1C. The highest BCUT2D eigenvalue weighted by molar-refractivity contribution is 7.87. The van der Waals surface area contributed by atoms with Gasteiger partial charge in [0.1, 0.15) is 5.75 Å². The van der Waals surface area contributed by atoms with Crippen molar-refractivity contribution in [2.45, 2.75) is 53.6 Å². The molecule has 2 aromatic rings. The average molecular weight is 419 g/mol. The highest BCUT2D eigenvalue weighted by Crippen LogP contribution is 2.21. The number of hydrogen-bond donors (Lipinski definition) is 1. The van der Waals surface area contributed by atoms with Gasteiger partial charge in [-0.25, -0.2) is 4.79 Å². The maximum atomic E-state index is 13.0. The topological polar surface area (TPSA) is 75.7 Å². The van der Waals surface area contributed by atoms with Crippen LogP contribution in [0.15, 0.2) is 42.5 Å². The zero-order valence-electron chi connectivity index (χ0n) is 17.7. The lowest BCUT2D eigenvalue weighted by Gasteiger charge is -2.29. The van der Waals surface area contributed by atoms with Gasteiger partial charge in [0.25, 0.3) is 0 Å². The largest absolute Gasteiger partial charge is 0.382 e. The van der Waals surface area contributed by atoms with Crippen molar-refractivity contribution < 1.29 is 17.4 Å². The first-order valence-corrected chi connectivity index (χ1v) is 11.4. The molecule has 0 saturated carbocycles. The summed E-state index contributed by atoms with van der Waals surface area (Å²) in [5.74, 6) is 0.181. The number of urea groups is 1. The van der Waals surface area contributed by atoms with Gasteiger partial charge in [0.05, 0.1) is 5.75 Å². The Bertz CT molecular complexity index is 940. The van der Waals surface area contributed by atoms with Gasteiger partial charge >= 0.3 is 16.1 Å². The van der Waals surface area contributed by atoms with Gasteiger partial charge in [-0.1, -0.05) is 31.2 Å². The number of nitrogens with zero attached hydrogens (tertiary/aromatic N) is 1. The van der Waals surface area contributed by atoms with Crippen molar-refractivity contribution in [3.05, 3.63) is 59.2 Å². The standard InChI is InChI=1S/C22H30N2O4S/c1-6-17(4)24(22(25)23-21-10-8-9-16(3)18(21)5)15-19-11-13-20(14-12-19)28-29(26,27)7-2/h8-14,17H,6-7,15H2,1-5H3,(H,23,25)/t17-/m1/s1. The number of nitrogens with one attached hydrogen (secondary N) is 1. The van der Waals surface area contributed by atoms with Crippen molar-refractivity contribution >= 4 is 21.8 Å². The number of amides is 2. The zero-order chi connectivity index (χ0) is 21.6. The van der Waals surface area contributed by atoms with E-state index >= 15 is 0 Å². The molecule has 0 aliphatic rings. The summed E-state index contributed by atoms with van der Waals surface area (Å²) < 4.78 is 28.2. The summed E-state index contributed by atoms with van der Waals surface area (Å²) in [7, 11) is -3.56. The first-order valence-electron chi connectivity index (χ1n) is 9.81. The Balaban J connectivity index is 2.16. The van der Waals surface area contributed by atoms with Crippen molar-refractivity contribution in [2.24, 2.45) is 0 Å². The van der Waals surface area contributed by atoms with Crippen LogP contribution in [0.1, 0.15) is 43.9 Å². The van der Waals surface area contributed by atoms with E-state index in [1.165, 1.54) is 6.92 Å². The third kappa shape index (κ3) is 6.22. The summed E-state index contributed by atoms with van der Waals surface area (Å²) in [5.41, 5.74) is 3.86. The van der Waals surface area contributed by atoms with E-state index in [1.807, 2.05) is 45.9 Å². The second-order valence-electron chi connectivity index (χ2n) is 7.14. The lowest BCUT2D eigenvalue weighted by Crippen LogP contribution is -2.40. The highest BCUT2D eigenvalue weighted by Gasteiger charge is 2.20. The van der Waals surface area contributed by atoms with Crippen LogP contribution in [0.25, 0.3) is 0 Å². The highest BCUT2D eigenvalue weighted by atomic mass is 32.2. The molecule has 2 amide bonds. The maximum absolute atomic E-state index is 13.0. The third-order valence-corrected chi connectivity index (χ3v) is 6.24. The molecule has 0 aromatic heterocycles. The molecular formula is C22H30N2O4S. The van der Waals surface area contributed by atoms with E-state index in [4.69, 9.17) is 4.18 Å². The fourth-order valence-electron chi connectivity index (χ4n) is 2.77. The van der Waals surface area contributed by atoms with E-state index in [0.717, 1.165) is 28.8 Å². The average Bonchev–Trinajstić information content (AvgIpc) is 2.70. The van der Waals surface area contributed by atoms with E-state index in [1.54, 1.807) is 29.2 Å². The van der Waals surface area contributed by atoms with Crippen LogP contribution >= 0.6 is 0 Å². The number of carbonyl (C=O) groups excluding carboxylic acids is 1. The molecule has 1 atom stereocenters. The molecule has 2 rings (SSSR count). The number of hydrogen-bond acceptors (Lipinski definition) is 4. The molecule has 0 radical (unpaired) electrons. The van der Waals surface area contributed by atoms with E-state index < -0.39 is 10.1 Å². The molecule has 29 heavy (non-hydrogen) atoms. The molecule has 0 bridgehead atoms. The van der Waals surface area contributed by atoms with Gasteiger partial charge in [-0.3, -0.25) is 0 Å². The summed E-state index contributed by atoms with van der Waals surface area (Å²) in [5, 5.41) is 3.02. The van der Waals surface area contributed by atoms with Gasteiger partial charge in [0.2, 0.25) is 0 Å². The number of benzene rings is 2. The van der Waals surface area contributed by atoms with Crippen molar-refractivity contribution in [2.75, 3.05) is 11.1 Å². The molecule has 2 aromatic carbocycles. The number of aryl methyl sites for hydroxylation is 1. The molecule has 0 fully saturated rings. The summed E-state index contributed by atoms with van der Waals surface area (Å²) in [6.45, 7) is 9.99. The van der Waals surface area contributed by atoms with Crippen molar-refractivity contribution in [3.63, 3.8) is 0 Å². The van der Waals surface area contributed by atoms with Gasteiger partial charge in [-0.05, 0) is 69.0 Å². The number of carbonyl (C=O) groups is 1. The van der Waals surface area contributed by atoms with Crippen LogP contribution in [-0.4, -0.2) is 31.1 Å². The molecule has 0 heterocycles. The normalized spacial score (nSPS) is 12.3. The van der Waals surface area contributed by atoms with Crippen LogP contribution in [0, 0.1) is 13.8 Å². The van der Waals surface area contributed by atoms with Gasteiger partial charge in [-0.15, -0.1) is 0 Å². The molecule has 7 heteroatoms. The van der Waals surface area contributed by atoms with Crippen molar-refractivity contribution in [1.29, 1.82) is 0 Å². The fraction of sp³-hybridized carbons (Fsp3) is 0.409. The van der Waals surface area contributed by atoms with E-state index in [-0.39, 0.29) is 23.6 Å². The minimum Gasteiger partial charge on any atom is -0.382 e. The predicted octanol–water partition coefficient (Wildman–Crippen LogP) is 4.86. The predicted molar refractivity (Wildman–Crippen MR) is 117 cm³/mol. The number of anilines is 1. The van der Waals surface area contributed by atoms with Crippen LogP contribution in [0.5, 0.6) is 5.75 Å². The van der Waals surface area contributed by atoms with Gasteiger partial charge < -0.3 is 14.4 Å². The minimum absolute atomic E-state index is 0.0384. The monoisotopic (exact) mass is 418 g/mol. The van der Waals surface area contributed by atoms with E-state index in [0.29, 0.717) is 6.54 Å². The Morgan fingerprint density at radius 1 is 1.10 bits per heavy atom. The second-order valence-corrected chi connectivity index (χ2v) is 9.00. The molecule has 6 nitrogen and oxygen atoms in total. The summed E-state index contributed by atoms with van der Waals surface area (Å²) in [6.07, 6.45) is 0.816. The maximum Gasteiger partial charge on any atom is 0.322 e. The third-order valence-electron chi connectivity index (χ3n) is 5.08. The molecule has 158 valence electrons. The summed E-state index contributed by atoms with van der Waals surface area (Å²) in [4.78, 5) is 14.8. The summed E-state index contributed by atoms with van der Waals surface area (Å²) >= 11 is 0. The molecule has 0 unspecified atom stereocenters.